The maximum Gasteiger partial charge on any atom is 0.303 e. The van der Waals surface area contributed by atoms with E-state index in [2.05, 4.69) is 12.2 Å². The van der Waals surface area contributed by atoms with Crippen LogP contribution < -0.4 is 5.32 Å². The molecule has 186 valence electrons. The molecule has 0 aromatic rings. The molecule has 0 bridgehead atoms. The van der Waals surface area contributed by atoms with E-state index in [0.29, 0.717) is 6.42 Å². The SMILES string of the molecule is CCCCCCCCCCCC[C@H](OC(C)=O)[C@H](OC(C)=O)[C@H](COC(C)=O)NC(C)=O. The molecule has 8 heteroatoms. The Hall–Kier alpha value is -2.12. The van der Waals surface area contributed by atoms with Gasteiger partial charge >= 0.3 is 17.9 Å². The molecule has 0 unspecified atom stereocenters. The Kier molecular flexibility index (Phi) is 17.2. The number of nitrogens with one attached hydrogen (secondary N) is 1. The monoisotopic (exact) mass is 457 g/mol. The van der Waals surface area contributed by atoms with Crippen LogP contribution in [-0.2, 0) is 33.4 Å². The summed E-state index contributed by atoms with van der Waals surface area (Å²) >= 11 is 0. The molecule has 8 nitrogen and oxygen atoms in total. The second kappa shape index (κ2) is 18.5. The van der Waals surface area contributed by atoms with Crippen LogP contribution in [0.3, 0.4) is 0 Å². The highest BCUT2D eigenvalue weighted by Gasteiger charge is 2.35. The molecule has 0 aromatic heterocycles. The van der Waals surface area contributed by atoms with Crippen molar-refractivity contribution in [3.8, 4) is 0 Å². The smallest absolute Gasteiger partial charge is 0.303 e. The van der Waals surface area contributed by atoms with Crippen molar-refractivity contribution < 1.29 is 33.4 Å². The van der Waals surface area contributed by atoms with E-state index in [-0.39, 0.29) is 12.5 Å². The maximum atomic E-state index is 11.7. The Bertz CT molecular complexity index is 565. The number of rotatable bonds is 18. The van der Waals surface area contributed by atoms with Crippen LogP contribution in [0, 0.1) is 0 Å². The van der Waals surface area contributed by atoms with Gasteiger partial charge in [-0.3, -0.25) is 19.2 Å². The van der Waals surface area contributed by atoms with Crippen LogP contribution in [-0.4, -0.2) is 48.7 Å². The third kappa shape index (κ3) is 16.6. The number of esters is 3. The molecule has 1 amide bonds. The Morgan fingerprint density at radius 3 is 1.62 bits per heavy atom. The van der Waals surface area contributed by atoms with Crippen molar-refractivity contribution in [3.63, 3.8) is 0 Å². The van der Waals surface area contributed by atoms with E-state index in [1.165, 1.54) is 72.6 Å². The summed E-state index contributed by atoms with van der Waals surface area (Å²) in [5, 5.41) is 2.65. The van der Waals surface area contributed by atoms with Gasteiger partial charge in [0, 0.05) is 27.7 Å². The lowest BCUT2D eigenvalue weighted by molar-refractivity contribution is -0.171. The number of hydrogen-bond acceptors (Lipinski definition) is 7. The molecule has 0 saturated heterocycles. The summed E-state index contributed by atoms with van der Waals surface area (Å²) in [5.74, 6) is -1.98. The minimum Gasteiger partial charge on any atom is -0.464 e. The minimum absolute atomic E-state index is 0.192. The van der Waals surface area contributed by atoms with Crippen molar-refractivity contribution in [1.82, 2.24) is 5.32 Å². The Morgan fingerprint density at radius 2 is 1.19 bits per heavy atom. The number of ether oxygens (including phenoxy) is 3. The summed E-state index contributed by atoms with van der Waals surface area (Å²) in [6.45, 7) is 7.12. The van der Waals surface area contributed by atoms with E-state index in [1.807, 2.05) is 0 Å². The largest absolute Gasteiger partial charge is 0.464 e. The Morgan fingerprint density at radius 1 is 0.688 bits per heavy atom. The third-order valence-corrected chi connectivity index (χ3v) is 5.08. The highest BCUT2D eigenvalue weighted by molar-refractivity contribution is 5.73. The normalized spacial score (nSPS) is 13.5. The van der Waals surface area contributed by atoms with Crippen LogP contribution in [0.4, 0.5) is 0 Å². The van der Waals surface area contributed by atoms with E-state index in [0.717, 1.165) is 19.3 Å². The number of hydrogen-bond donors (Lipinski definition) is 1. The first-order chi connectivity index (χ1) is 15.2. The van der Waals surface area contributed by atoms with Gasteiger partial charge in [-0.1, -0.05) is 64.7 Å². The summed E-state index contributed by atoms with van der Waals surface area (Å²) < 4.78 is 15.9. The highest BCUT2D eigenvalue weighted by atomic mass is 16.6. The van der Waals surface area contributed by atoms with Gasteiger partial charge in [0.25, 0.3) is 0 Å². The van der Waals surface area contributed by atoms with Crippen molar-refractivity contribution >= 4 is 23.8 Å². The van der Waals surface area contributed by atoms with Gasteiger partial charge in [0.1, 0.15) is 18.8 Å². The average molecular weight is 458 g/mol. The van der Waals surface area contributed by atoms with Crippen LogP contribution in [0.25, 0.3) is 0 Å². The molecule has 0 radical (unpaired) electrons. The maximum absolute atomic E-state index is 11.7. The number of unbranched alkanes of at least 4 members (excludes halogenated alkanes) is 9. The van der Waals surface area contributed by atoms with Gasteiger partial charge in [0.05, 0.1) is 0 Å². The predicted octanol–water partition coefficient (Wildman–Crippen LogP) is 4.23. The van der Waals surface area contributed by atoms with E-state index < -0.39 is 36.2 Å². The van der Waals surface area contributed by atoms with E-state index in [1.54, 1.807) is 0 Å². The highest BCUT2D eigenvalue weighted by Crippen LogP contribution is 2.19. The van der Waals surface area contributed by atoms with Gasteiger partial charge < -0.3 is 19.5 Å². The van der Waals surface area contributed by atoms with Crippen molar-refractivity contribution in [2.24, 2.45) is 0 Å². The Labute approximate surface area is 193 Å². The number of carbonyl (C=O) groups is 4. The molecule has 0 spiro atoms. The van der Waals surface area contributed by atoms with Crippen LogP contribution in [0.15, 0.2) is 0 Å². The summed E-state index contributed by atoms with van der Waals surface area (Å²) in [5.41, 5.74) is 0. The quantitative estimate of drug-likeness (QED) is 0.186. The molecule has 0 rings (SSSR count). The van der Waals surface area contributed by atoms with Crippen molar-refractivity contribution in [2.45, 2.75) is 123 Å². The predicted molar refractivity (Wildman–Crippen MR) is 122 cm³/mol. The lowest BCUT2D eigenvalue weighted by Crippen LogP contribution is -2.53. The summed E-state index contributed by atoms with van der Waals surface area (Å²) in [4.78, 5) is 46.4. The molecule has 0 saturated carbocycles. The van der Waals surface area contributed by atoms with Gasteiger partial charge in [-0.05, 0) is 12.8 Å². The van der Waals surface area contributed by atoms with Gasteiger partial charge in [-0.2, -0.15) is 0 Å². The topological polar surface area (TPSA) is 108 Å². The standard InChI is InChI=1S/C24H43NO7/c1-6-7-8-9-10-11-12-13-14-15-16-23(31-20(4)28)24(32-21(5)29)22(25-18(2)26)17-30-19(3)27/h22-24H,6-17H2,1-5H3,(H,25,26)/t22-,23-,24+/m0/s1. The second-order valence-corrected chi connectivity index (χ2v) is 8.30. The molecule has 32 heavy (non-hydrogen) atoms. The molecule has 3 atom stereocenters. The van der Waals surface area contributed by atoms with Gasteiger partial charge in [0.15, 0.2) is 6.10 Å². The lowest BCUT2D eigenvalue weighted by atomic mass is 9.98. The summed E-state index contributed by atoms with van der Waals surface area (Å²) in [6, 6.07) is -0.826. The Balaban J connectivity index is 4.90. The van der Waals surface area contributed by atoms with Crippen LogP contribution in [0.2, 0.25) is 0 Å². The van der Waals surface area contributed by atoms with Gasteiger partial charge in [0.2, 0.25) is 5.91 Å². The molecule has 1 N–H and O–H groups in total. The van der Waals surface area contributed by atoms with E-state index >= 15 is 0 Å². The first kappa shape index (κ1) is 29.9. The fraction of sp³-hybridized carbons (Fsp3) is 0.833. The van der Waals surface area contributed by atoms with Crippen LogP contribution >= 0.6 is 0 Å². The molecule has 0 fully saturated rings. The number of carbonyl (C=O) groups excluding carboxylic acids is 4. The van der Waals surface area contributed by atoms with Crippen molar-refractivity contribution in [1.29, 1.82) is 0 Å². The first-order valence-electron chi connectivity index (χ1n) is 11.9. The van der Waals surface area contributed by atoms with Gasteiger partial charge in [-0.15, -0.1) is 0 Å². The van der Waals surface area contributed by atoms with Crippen molar-refractivity contribution in [2.75, 3.05) is 6.61 Å². The van der Waals surface area contributed by atoms with E-state index in [9.17, 15) is 19.2 Å². The number of amides is 1. The first-order valence-corrected chi connectivity index (χ1v) is 11.9. The van der Waals surface area contributed by atoms with Crippen LogP contribution in [0.5, 0.6) is 0 Å². The molecule has 0 aromatic carbocycles. The molecule has 0 aliphatic rings. The van der Waals surface area contributed by atoms with Gasteiger partial charge in [-0.25, -0.2) is 0 Å². The average Bonchev–Trinajstić information content (AvgIpc) is 2.69. The molecule has 0 aliphatic carbocycles. The third-order valence-electron chi connectivity index (χ3n) is 5.08. The fourth-order valence-corrected chi connectivity index (χ4v) is 3.63. The molecular weight excluding hydrogens is 414 g/mol. The fourth-order valence-electron chi connectivity index (χ4n) is 3.63. The second-order valence-electron chi connectivity index (χ2n) is 8.30. The summed E-state index contributed by atoms with van der Waals surface area (Å²) in [7, 11) is 0. The zero-order valence-electron chi connectivity index (χ0n) is 20.6. The van der Waals surface area contributed by atoms with E-state index in [4.69, 9.17) is 14.2 Å². The lowest BCUT2D eigenvalue weighted by Gasteiger charge is -2.32. The molecule has 0 heterocycles. The summed E-state index contributed by atoms with van der Waals surface area (Å²) in [6.07, 6.45) is 10.4. The molecular formula is C24H43NO7. The zero-order valence-corrected chi connectivity index (χ0v) is 20.6. The van der Waals surface area contributed by atoms with Crippen molar-refractivity contribution in [3.05, 3.63) is 0 Å². The zero-order chi connectivity index (χ0) is 24.4. The molecule has 0 aliphatic heterocycles. The minimum atomic E-state index is -0.960. The van der Waals surface area contributed by atoms with Crippen LogP contribution in [0.1, 0.15) is 105 Å².